The highest BCUT2D eigenvalue weighted by atomic mass is 16.6. The summed E-state index contributed by atoms with van der Waals surface area (Å²) in [7, 11) is 0. The summed E-state index contributed by atoms with van der Waals surface area (Å²) in [6.45, 7) is 5.16. The number of fused-ring (bicyclic) bond motifs is 1. The van der Waals surface area contributed by atoms with Gasteiger partial charge in [0, 0.05) is 18.2 Å². The fourth-order valence-electron chi connectivity index (χ4n) is 2.77. The quantitative estimate of drug-likeness (QED) is 0.692. The van der Waals surface area contributed by atoms with Crippen molar-refractivity contribution in [2.75, 3.05) is 11.9 Å². The van der Waals surface area contributed by atoms with Crippen molar-refractivity contribution in [2.45, 2.75) is 26.7 Å². The Hall–Kier alpha value is -2.37. The molecule has 6 heteroatoms. The van der Waals surface area contributed by atoms with Crippen molar-refractivity contribution in [3.63, 3.8) is 0 Å². The lowest BCUT2D eigenvalue weighted by atomic mass is 10.0. The van der Waals surface area contributed by atoms with Crippen LogP contribution in [0.15, 0.2) is 24.3 Å². The van der Waals surface area contributed by atoms with Crippen LogP contribution in [0.3, 0.4) is 0 Å². The molecule has 1 N–H and O–H groups in total. The Morgan fingerprint density at radius 2 is 2.19 bits per heavy atom. The van der Waals surface area contributed by atoms with Crippen LogP contribution in [0.1, 0.15) is 25.1 Å². The molecule has 2 heterocycles. The Balaban J connectivity index is 2.14. The molecule has 1 aliphatic rings. The summed E-state index contributed by atoms with van der Waals surface area (Å²) in [5.41, 5.74) is 2.83. The highest BCUT2D eigenvalue weighted by Gasteiger charge is 2.26. The average Bonchev–Trinajstić information content (AvgIpc) is 3.02. The van der Waals surface area contributed by atoms with Crippen LogP contribution in [-0.2, 0) is 12.8 Å². The number of para-hydroxylation sites is 2. The molecule has 3 rings (SSSR count). The molecule has 0 bridgehead atoms. The lowest BCUT2D eigenvalue weighted by molar-refractivity contribution is -0.384. The third-order valence-electron chi connectivity index (χ3n) is 3.64. The Bertz CT molecular complexity index is 691. The van der Waals surface area contributed by atoms with Crippen LogP contribution in [0.5, 0.6) is 0 Å². The minimum atomic E-state index is -0.361. The SMILES string of the molecule is CC(C)Cc1nn(-c2ccccc2[N+](=O)[O-])c2c1CCN2. The second-order valence-corrected chi connectivity index (χ2v) is 5.71. The Kier molecular flexibility index (Phi) is 3.37. The largest absolute Gasteiger partial charge is 0.369 e. The molecule has 0 amide bonds. The molecule has 0 atom stereocenters. The van der Waals surface area contributed by atoms with Gasteiger partial charge in [-0.25, -0.2) is 4.68 Å². The van der Waals surface area contributed by atoms with Gasteiger partial charge in [-0.05, 0) is 24.8 Å². The van der Waals surface area contributed by atoms with Crippen LogP contribution in [0.2, 0.25) is 0 Å². The molecular formula is C15H18N4O2. The predicted octanol–water partition coefficient (Wildman–Crippen LogP) is 2.95. The molecule has 21 heavy (non-hydrogen) atoms. The number of nitro groups is 1. The van der Waals surface area contributed by atoms with E-state index in [0.717, 1.165) is 30.9 Å². The average molecular weight is 286 g/mol. The van der Waals surface area contributed by atoms with Gasteiger partial charge in [-0.3, -0.25) is 10.1 Å². The van der Waals surface area contributed by atoms with E-state index in [4.69, 9.17) is 0 Å². The van der Waals surface area contributed by atoms with Gasteiger partial charge in [0.05, 0.1) is 10.6 Å². The van der Waals surface area contributed by atoms with Gasteiger partial charge >= 0.3 is 0 Å². The maximum Gasteiger partial charge on any atom is 0.294 e. The first-order valence-electron chi connectivity index (χ1n) is 7.16. The summed E-state index contributed by atoms with van der Waals surface area (Å²) in [5.74, 6) is 1.41. The van der Waals surface area contributed by atoms with Crippen LogP contribution < -0.4 is 5.32 Å². The fourth-order valence-corrected chi connectivity index (χ4v) is 2.77. The normalized spacial score (nSPS) is 13.3. The standard InChI is InChI=1S/C15H18N4O2/c1-10(2)9-12-11-7-8-16-15(11)18(17-12)13-5-3-4-6-14(13)19(20)21/h3-6,10,16H,7-9H2,1-2H3. The van der Waals surface area contributed by atoms with Crippen molar-refractivity contribution in [3.8, 4) is 5.69 Å². The number of aromatic nitrogens is 2. The first-order valence-corrected chi connectivity index (χ1v) is 7.16. The van der Waals surface area contributed by atoms with Gasteiger partial charge in [0.15, 0.2) is 0 Å². The first kappa shape index (κ1) is 13.6. The molecule has 0 fully saturated rings. The van der Waals surface area contributed by atoms with Crippen molar-refractivity contribution in [1.82, 2.24) is 9.78 Å². The van der Waals surface area contributed by atoms with Crippen LogP contribution in [0.4, 0.5) is 11.5 Å². The fraction of sp³-hybridized carbons (Fsp3) is 0.400. The molecule has 2 aromatic rings. The smallest absolute Gasteiger partial charge is 0.294 e. The maximum atomic E-state index is 11.2. The van der Waals surface area contributed by atoms with Crippen LogP contribution in [-0.4, -0.2) is 21.2 Å². The molecule has 110 valence electrons. The molecule has 0 saturated heterocycles. The monoisotopic (exact) mass is 286 g/mol. The van der Waals surface area contributed by atoms with Crippen molar-refractivity contribution in [3.05, 3.63) is 45.6 Å². The number of rotatable bonds is 4. The second kappa shape index (κ2) is 5.20. The molecule has 1 aromatic carbocycles. The summed E-state index contributed by atoms with van der Waals surface area (Å²) in [5, 5.41) is 19.2. The molecule has 6 nitrogen and oxygen atoms in total. The molecule has 1 aromatic heterocycles. The van der Waals surface area contributed by atoms with Gasteiger partial charge < -0.3 is 5.32 Å². The summed E-state index contributed by atoms with van der Waals surface area (Å²) < 4.78 is 1.69. The topological polar surface area (TPSA) is 73.0 Å². The number of hydrogen-bond acceptors (Lipinski definition) is 4. The van der Waals surface area contributed by atoms with E-state index in [9.17, 15) is 10.1 Å². The molecule has 0 saturated carbocycles. The maximum absolute atomic E-state index is 11.2. The highest BCUT2D eigenvalue weighted by molar-refractivity contribution is 5.62. The number of nitrogens with one attached hydrogen (secondary N) is 1. The number of benzene rings is 1. The molecule has 0 aliphatic carbocycles. The summed E-state index contributed by atoms with van der Waals surface area (Å²) >= 11 is 0. The Morgan fingerprint density at radius 3 is 2.90 bits per heavy atom. The zero-order valence-corrected chi connectivity index (χ0v) is 12.2. The predicted molar refractivity (Wildman–Crippen MR) is 81.0 cm³/mol. The van der Waals surface area contributed by atoms with Gasteiger partial charge in [0.2, 0.25) is 0 Å². The van der Waals surface area contributed by atoms with E-state index in [0.29, 0.717) is 11.6 Å². The van der Waals surface area contributed by atoms with E-state index in [1.165, 1.54) is 11.6 Å². The number of nitro benzene ring substituents is 1. The van der Waals surface area contributed by atoms with E-state index in [-0.39, 0.29) is 10.6 Å². The van der Waals surface area contributed by atoms with Gasteiger partial charge in [-0.2, -0.15) is 5.10 Å². The summed E-state index contributed by atoms with van der Waals surface area (Å²) in [6, 6.07) is 6.73. The van der Waals surface area contributed by atoms with Gasteiger partial charge in [0.25, 0.3) is 5.69 Å². The minimum absolute atomic E-state index is 0.0765. The van der Waals surface area contributed by atoms with Crippen LogP contribution in [0, 0.1) is 16.0 Å². The van der Waals surface area contributed by atoms with E-state index in [2.05, 4.69) is 24.3 Å². The molecule has 0 radical (unpaired) electrons. The molecule has 1 aliphatic heterocycles. The molecular weight excluding hydrogens is 268 g/mol. The van der Waals surface area contributed by atoms with E-state index in [1.54, 1.807) is 22.9 Å². The Labute approximate surface area is 122 Å². The molecule has 0 spiro atoms. The van der Waals surface area contributed by atoms with Crippen molar-refractivity contribution in [1.29, 1.82) is 0 Å². The Morgan fingerprint density at radius 1 is 1.43 bits per heavy atom. The summed E-state index contributed by atoms with van der Waals surface area (Å²) in [6.07, 6.45) is 1.82. The highest BCUT2D eigenvalue weighted by Crippen LogP contribution is 2.32. The minimum Gasteiger partial charge on any atom is -0.369 e. The third-order valence-corrected chi connectivity index (χ3v) is 3.64. The van der Waals surface area contributed by atoms with Crippen molar-refractivity contribution in [2.24, 2.45) is 5.92 Å². The van der Waals surface area contributed by atoms with Crippen molar-refractivity contribution < 1.29 is 4.92 Å². The second-order valence-electron chi connectivity index (χ2n) is 5.71. The van der Waals surface area contributed by atoms with Crippen molar-refractivity contribution >= 4 is 11.5 Å². The van der Waals surface area contributed by atoms with Gasteiger partial charge in [0.1, 0.15) is 11.5 Å². The van der Waals surface area contributed by atoms with E-state index in [1.807, 2.05) is 0 Å². The zero-order valence-electron chi connectivity index (χ0n) is 12.2. The number of anilines is 1. The number of hydrogen-bond donors (Lipinski definition) is 1. The van der Waals surface area contributed by atoms with E-state index < -0.39 is 0 Å². The molecule has 0 unspecified atom stereocenters. The van der Waals surface area contributed by atoms with Gasteiger partial charge in [-0.1, -0.05) is 26.0 Å². The first-order chi connectivity index (χ1) is 10.1. The summed E-state index contributed by atoms with van der Waals surface area (Å²) in [4.78, 5) is 10.9. The van der Waals surface area contributed by atoms with Gasteiger partial charge in [-0.15, -0.1) is 0 Å². The van der Waals surface area contributed by atoms with Crippen LogP contribution >= 0.6 is 0 Å². The van der Waals surface area contributed by atoms with Crippen LogP contribution in [0.25, 0.3) is 5.69 Å². The number of nitrogens with zero attached hydrogens (tertiary/aromatic N) is 3. The third kappa shape index (κ3) is 2.37. The lowest BCUT2D eigenvalue weighted by Crippen LogP contribution is -2.07. The zero-order chi connectivity index (χ0) is 15.0. The van der Waals surface area contributed by atoms with E-state index >= 15 is 0 Å². The lowest BCUT2D eigenvalue weighted by Gasteiger charge is -2.07.